The summed E-state index contributed by atoms with van der Waals surface area (Å²) < 4.78 is 11.9. The van der Waals surface area contributed by atoms with E-state index in [1.165, 1.54) is 5.56 Å². The molecule has 2 aromatic carbocycles. The number of carbonyl (C=O) groups excluding carboxylic acids is 1. The number of rotatable bonds is 5. The van der Waals surface area contributed by atoms with Gasteiger partial charge in [-0.1, -0.05) is 17.4 Å². The lowest BCUT2D eigenvalue weighted by Crippen LogP contribution is -2.36. The minimum Gasteiger partial charge on any atom is -0.454 e. The standard InChI is InChI=1S/C21H23N3O3S/c1-13-9-14(2)19-18(10-13)28-21(22-19)24(8-7-23(3)4)20(25)15-5-6-16-17(11-15)27-12-26-16/h5-6,9-11H,7-8,12H2,1-4H3. The number of fused-ring (bicyclic) bond motifs is 2. The summed E-state index contributed by atoms with van der Waals surface area (Å²) >= 11 is 1.55. The van der Waals surface area contributed by atoms with Crippen molar-refractivity contribution in [2.24, 2.45) is 0 Å². The van der Waals surface area contributed by atoms with Crippen molar-refractivity contribution in [2.45, 2.75) is 13.8 Å². The van der Waals surface area contributed by atoms with Crippen LogP contribution in [-0.2, 0) is 0 Å². The van der Waals surface area contributed by atoms with Crippen LogP contribution in [-0.4, -0.2) is 49.8 Å². The van der Waals surface area contributed by atoms with Crippen LogP contribution in [0.15, 0.2) is 30.3 Å². The molecule has 0 atom stereocenters. The average molecular weight is 398 g/mol. The third kappa shape index (κ3) is 3.55. The summed E-state index contributed by atoms with van der Waals surface area (Å²) in [5.41, 5.74) is 3.84. The van der Waals surface area contributed by atoms with Crippen LogP contribution in [0.3, 0.4) is 0 Å². The van der Waals surface area contributed by atoms with Crippen LogP contribution in [0.4, 0.5) is 5.13 Å². The third-order valence-corrected chi connectivity index (χ3v) is 5.71. The van der Waals surface area contributed by atoms with Crippen LogP contribution in [0, 0.1) is 13.8 Å². The molecule has 4 rings (SSSR count). The maximum atomic E-state index is 13.4. The van der Waals surface area contributed by atoms with E-state index >= 15 is 0 Å². The van der Waals surface area contributed by atoms with Crippen LogP contribution in [0.2, 0.25) is 0 Å². The average Bonchev–Trinajstić information content (AvgIpc) is 3.27. The van der Waals surface area contributed by atoms with E-state index in [4.69, 9.17) is 14.5 Å². The lowest BCUT2D eigenvalue weighted by Gasteiger charge is -2.22. The number of benzene rings is 2. The van der Waals surface area contributed by atoms with Crippen molar-refractivity contribution < 1.29 is 14.3 Å². The molecule has 1 amide bonds. The Morgan fingerprint density at radius 3 is 2.68 bits per heavy atom. The quantitative estimate of drug-likeness (QED) is 0.655. The van der Waals surface area contributed by atoms with Crippen molar-refractivity contribution in [1.82, 2.24) is 9.88 Å². The predicted molar refractivity (Wildman–Crippen MR) is 112 cm³/mol. The molecule has 0 N–H and O–H groups in total. The molecule has 0 bridgehead atoms. The number of aryl methyl sites for hydroxylation is 2. The molecule has 0 fully saturated rings. The molecular formula is C21H23N3O3S. The van der Waals surface area contributed by atoms with Crippen molar-refractivity contribution >= 4 is 32.6 Å². The number of hydrogen-bond acceptors (Lipinski definition) is 6. The molecule has 0 spiro atoms. The monoisotopic (exact) mass is 397 g/mol. The van der Waals surface area contributed by atoms with E-state index < -0.39 is 0 Å². The van der Waals surface area contributed by atoms with Crippen LogP contribution < -0.4 is 14.4 Å². The van der Waals surface area contributed by atoms with Crippen LogP contribution in [0.1, 0.15) is 21.5 Å². The van der Waals surface area contributed by atoms with Gasteiger partial charge in [0.05, 0.1) is 10.2 Å². The van der Waals surface area contributed by atoms with Gasteiger partial charge in [0.1, 0.15) is 0 Å². The Morgan fingerprint density at radius 2 is 1.89 bits per heavy atom. The predicted octanol–water partition coefficient (Wildman–Crippen LogP) is 3.85. The first kappa shape index (κ1) is 18.7. The Bertz CT molecular complexity index is 1040. The van der Waals surface area contributed by atoms with E-state index in [0.29, 0.717) is 28.7 Å². The molecule has 0 radical (unpaired) electrons. The molecule has 1 aliphatic heterocycles. The number of hydrogen-bond donors (Lipinski definition) is 0. The number of aromatic nitrogens is 1. The number of thiazole rings is 1. The fourth-order valence-corrected chi connectivity index (χ4v) is 4.41. The van der Waals surface area contributed by atoms with Gasteiger partial charge in [-0.3, -0.25) is 9.69 Å². The van der Waals surface area contributed by atoms with Crippen molar-refractivity contribution in [2.75, 3.05) is 38.9 Å². The van der Waals surface area contributed by atoms with Gasteiger partial charge in [-0.2, -0.15) is 0 Å². The van der Waals surface area contributed by atoms with E-state index in [-0.39, 0.29) is 12.7 Å². The lowest BCUT2D eigenvalue weighted by atomic mass is 10.1. The highest BCUT2D eigenvalue weighted by Gasteiger charge is 2.24. The van der Waals surface area contributed by atoms with E-state index in [0.717, 1.165) is 22.3 Å². The summed E-state index contributed by atoms with van der Waals surface area (Å²) in [6, 6.07) is 9.55. The molecular weight excluding hydrogens is 374 g/mol. The van der Waals surface area contributed by atoms with E-state index in [2.05, 4.69) is 30.9 Å². The zero-order valence-corrected chi connectivity index (χ0v) is 17.3. The molecule has 0 saturated heterocycles. The highest BCUT2D eigenvalue weighted by molar-refractivity contribution is 7.22. The van der Waals surface area contributed by atoms with Crippen molar-refractivity contribution in [1.29, 1.82) is 0 Å². The van der Waals surface area contributed by atoms with Crippen LogP contribution in [0.5, 0.6) is 11.5 Å². The number of likely N-dealkylation sites (N-methyl/N-ethyl adjacent to an activating group) is 1. The molecule has 0 unspecified atom stereocenters. The minimum absolute atomic E-state index is 0.0893. The van der Waals surface area contributed by atoms with Crippen molar-refractivity contribution in [3.05, 3.63) is 47.0 Å². The Kier molecular flexibility index (Phi) is 4.95. The number of nitrogens with zero attached hydrogens (tertiary/aromatic N) is 3. The van der Waals surface area contributed by atoms with Gasteiger partial charge in [-0.25, -0.2) is 4.98 Å². The van der Waals surface area contributed by atoms with E-state index in [1.54, 1.807) is 34.4 Å². The Balaban J connectivity index is 1.72. The molecule has 1 aliphatic rings. The smallest absolute Gasteiger partial charge is 0.260 e. The second kappa shape index (κ2) is 7.41. The van der Waals surface area contributed by atoms with Gasteiger partial charge >= 0.3 is 0 Å². The first-order chi connectivity index (χ1) is 13.4. The summed E-state index contributed by atoms with van der Waals surface area (Å²) in [6.45, 7) is 5.62. The number of amides is 1. The number of carbonyl (C=O) groups is 1. The normalized spacial score (nSPS) is 12.8. The summed E-state index contributed by atoms with van der Waals surface area (Å²) in [6.07, 6.45) is 0. The summed E-state index contributed by atoms with van der Waals surface area (Å²) in [5, 5.41) is 0.716. The maximum absolute atomic E-state index is 13.4. The fourth-order valence-electron chi connectivity index (χ4n) is 3.24. The van der Waals surface area contributed by atoms with Gasteiger partial charge in [-0.15, -0.1) is 0 Å². The lowest BCUT2D eigenvalue weighted by molar-refractivity contribution is 0.0984. The Hall–Kier alpha value is -2.64. The SMILES string of the molecule is Cc1cc(C)c2nc(N(CCN(C)C)C(=O)c3ccc4c(c3)OCO4)sc2c1. The first-order valence-electron chi connectivity index (χ1n) is 9.16. The van der Waals surface area contributed by atoms with E-state index in [1.807, 2.05) is 14.1 Å². The highest BCUT2D eigenvalue weighted by atomic mass is 32.1. The highest BCUT2D eigenvalue weighted by Crippen LogP contribution is 2.35. The topological polar surface area (TPSA) is 54.9 Å². The van der Waals surface area contributed by atoms with Crippen LogP contribution >= 0.6 is 11.3 Å². The fraction of sp³-hybridized carbons (Fsp3) is 0.333. The van der Waals surface area contributed by atoms with Gasteiger partial charge in [0.15, 0.2) is 16.6 Å². The molecule has 28 heavy (non-hydrogen) atoms. The minimum atomic E-state index is -0.0893. The summed E-state index contributed by atoms with van der Waals surface area (Å²) in [7, 11) is 3.99. The molecule has 0 aliphatic carbocycles. The zero-order chi connectivity index (χ0) is 19.8. The summed E-state index contributed by atoms with van der Waals surface area (Å²) in [4.78, 5) is 22.0. The summed E-state index contributed by atoms with van der Waals surface area (Å²) in [5.74, 6) is 1.19. The Labute approximate surface area is 168 Å². The van der Waals surface area contributed by atoms with Crippen molar-refractivity contribution in [3.63, 3.8) is 0 Å². The molecule has 6 nitrogen and oxygen atoms in total. The van der Waals surface area contributed by atoms with Crippen molar-refractivity contribution in [3.8, 4) is 11.5 Å². The first-order valence-corrected chi connectivity index (χ1v) is 9.98. The molecule has 7 heteroatoms. The molecule has 2 heterocycles. The molecule has 0 saturated carbocycles. The number of anilines is 1. The van der Waals surface area contributed by atoms with Gasteiger partial charge in [0.25, 0.3) is 5.91 Å². The molecule has 146 valence electrons. The molecule has 1 aromatic heterocycles. The maximum Gasteiger partial charge on any atom is 0.260 e. The van der Waals surface area contributed by atoms with E-state index in [9.17, 15) is 4.79 Å². The van der Waals surface area contributed by atoms with Gasteiger partial charge in [-0.05, 0) is 63.3 Å². The van der Waals surface area contributed by atoms with Gasteiger partial charge in [0.2, 0.25) is 6.79 Å². The van der Waals surface area contributed by atoms with Gasteiger partial charge in [0, 0.05) is 18.7 Å². The molecule has 3 aromatic rings. The third-order valence-electron chi connectivity index (χ3n) is 4.68. The zero-order valence-electron chi connectivity index (χ0n) is 16.5. The van der Waals surface area contributed by atoms with Crippen LogP contribution in [0.25, 0.3) is 10.2 Å². The second-order valence-corrected chi connectivity index (χ2v) is 8.26. The van der Waals surface area contributed by atoms with Gasteiger partial charge < -0.3 is 14.4 Å². The Morgan fingerprint density at radius 1 is 1.11 bits per heavy atom. The number of ether oxygens (including phenoxy) is 2. The largest absolute Gasteiger partial charge is 0.454 e. The second-order valence-electron chi connectivity index (χ2n) is 7.25.